The first-order chi connectivity index (χ1) is 14.8. The van der Waals surface area contributed by atoms with Gasteiger partial charge < -0.3 is 15.0 Å². The van der Waals surface area contributed by atoms with Gasteiger partial charge in [-0.1, -0.05) is 24.3 Å². The van der Waals surface area contributed by atoms with E-state index in [-0.39, 0.29) is 37.0 Å². The molecule has 7 nitrogen and oxygen atoms in total. The second-order valence-electron chi connectivity index (χ2n) is 7.77. The summed E-state index contributed by atoms with van der Waals surface area (Å²) >= 11 is 0. The Morgan fingerprint density at radius 2 is 1.81 bits per heavy atom. The van der Waals surface area contributed by atoms with Crippen molar-refractivity contribution >= 4 is 34.9 Å². The van der Waals surface area contributed by atoms with E-state index >= 15 is 0 Å². The SMILES string of the molecule is Cc1ccc(C(=O)CCC(=O)OCC(=O)N2c3ccccc3NC(=O)C[C@@H]2C)cc1C. The maximum atomic E-state index is 12.8. The van der Waals surface area contributed by atoms with Gasteiger partial charge >= 0.3 is 5.97 Å². The topological polar surface area (TPSA) is 92.8 Å². The number of aryl methyl sites for hydroxylation is 2. The second kappa shape index (κ2) is 9.55. The molecular weight excluding hydrogens is 396 g/mol. The lowest BCUT2D eigenvalue weighted by molar-refractivity contribution is -0.147. The Morgan fingerprint density at radius 3 is 2.55 bits per heavy atom. The van der Waals surface area contributed by atoms with Crippen molar-refractivity contribution in [2.24, 2.45) is 0 Å². The van der Waals surface area contributed by atoms with Crippen molar-refractivity contribution in [1.82, 2.24) is 0 Å². The quantitative estimate of drug-likeness (QED) is 0.567. The molecule has 0 fully saturated rings. The van der Waals surface area contributed by atoms with Gasteiger partial charge in [-0.3, -0.25) is 19.2 Å². The fourth-order valence-corrected chi connectivity index (χ4v) is 3.53. The first-order valence-electron chi connectivity index (χ1n) is 10.2. The van der Waals surface area contributed by atoms with Crippen LogP contribution in [0.4, 0.5) is 11.4 Å². The summed E-state index contributed by atoms with van der Waals surface area (Å²) in [6.07, 6.45) is 0.0426. The second-order valence-corrected chi connectivity index (χ2v) is 7.77. The molecule has 7 heteroatoms. The molecule has 31 heavy (non-hydrogen) atoms. The molecule has 1 atom stereocenters. The number of fused-ring (bicyclic) bond motifs is 1. The zero-order valence-corrected chi connectivity index (χ0v) is 17.9. The van der Waals surface area contributed by atoms with Gasteiger partial charge in [0.15, 0.2) is 12.4 Å². The number of ether oxygens (including phenoxy) is 1. The lowest BCUT2D eigenvalue weighted by Crippen LogP contribution is -2.41. The molecule has 0 bridgehead atoms. The number of nitrogens with zero attached hydrogens (tertiary/aromatic N) is 1. The third-order valence-electron chi connectivity index (χ3n) is 5.37. The minimum absolute atomic E-state index is 0.0108. The van der Waals surface area contributed by atoms with E-state index in [1.165, 1.54) is 4.90 Å². The molecule has 2 amide bonds. The maximum Gasteiger partial charge on any atom is 0.306 e. The lowest BCUT2D eigenvalue weighted by atomic mass is 10.0. The van der Waals surface area contributed by atoms with Gasteiger partial charge in [0.05, 0.1) is 17.8 Å². The van der Waals surface area contributed by atoms with Crippen molar-refractivity contribution in [3.05, 3.63) is 59.2 Å². The summed E-state index contributed by atoms with van der Waals surface area (Å²) in [7, 11) is 0. The summed E-state index contributed by atoms with van der Waals surface area (Å²) in [5.41, 5.74) is 3.76. The van der Waals surface area contributed by atoms with Gasteiger partial charge in [-0.2, -0.15) is 0 Å². The molecule has 1 N–H and O–H groups in total. The Kier molecular flexibility index (Phi) is 6.84. The van der Waals surface area contributed by atoms with Gasteiger partial charge in [-0.15, -0.1) is 0 Å². The highest BCUT2D eigenvalue weighted by Crippen LogP contribution is 2.31. The number of amides is 2. The van der Waals surface area contributed by atoms with Gasteiger partial charge in [-0.05, 0) is 50.1 Å². The predicted octanol–water partition coefficient (Wildman–Crippen LogP) is 3.57. The van der Waals surface area contributed by atoms with Crippen molar-refractivity contribution in [1.29, 1.82) is 0 Å². The number of anilines is 2. The van der Waals surface area contributed by atoms with Gasteiger partial charge in [-0.25, -0.2) is 0 Å². The van der Waals surface area contributed by atoms with E-state index in [0.717, 1.165) is 11.1 Å². The number of ketones is 1. The molecule has 3 rings (SSSR count). The molecule has 0 saturated carbocycles. The molecule has 162 valence electrons. The average molecular weight is 422 g/mol. The minimum Gasteiger partial charge on any atom is -0.456 e. The smallest absolute Gasteiger partial charge is 0.306 e. The van der Waals surface area contributed by atoms with Crippen LogP contribution in [0.2, 0.25) is 0 Å². The number of hydrogen-bond donors (Lipinski definition) is 1. The lowest BCUT2D eigenvalue weighted by Gasteiger charge is -2.27. The van der Waals surface area contributed by atoms with Crippen molar-refractivity contribution in [2.75, 3.05) is 16.8 Å². The van der Waals surface area contributed by atoms with Crippen molar-refractivity contribution in [3.63, 3.8) is 0 Å². The van der Waals surface area contributed by atoms with Crippen LogP contribution in [0.3, 0.4) is 0 Å². The van der Waals surface area contributed by atoms with Crippen LogP contribution in [0.15, 0.2) is 42.5 Å². The number of carbonyl (C=O) groups is 4. The molecule has 0 unspecified atom stereocenters. The summed E-state index contributed by atoms with van der Waals surface area (Å²) < 4.78 is 5.13. The largest absolute Gasteiger partial charge is 0.456 e. The Bertz CT molecular complexity index is 1030. The molecule has 1 heterocycles. The van der Waals surface area contributed by atoms with Crippen LogP contribution < -0.4 is 10.2 Å². The van der Waals surface area contributed by atoms with Crippen LogP contribution in [0.25, 0.3) is 0 Å². The van der Waals surface area contributed by atoms with Crippen LogP contribution in [0, 0.1) is 13.8 Å². The number of rotatable bonds is 6. The summed E-state index contributed by atoms with van der Waals surface area (Å²) in [6, 6.07) is 12.0. The van der Waals surface area contributed by atoms with Gasteiger partial charge in [0.2, 0.25) is 5.91 Å². The van der Waals surface area contributed by atoms with E-state index in [9.17, 15) is 19.2 Å². The van der Waals surface area contributed by atoms with Gasteiger partial charge in [0.25, 0.3) is 5.91 Å². The third kappa shape index (κ3) is 5.36. The fraction of sp³-hybridized carbons (Fsp3) is 0.333. The van der Waals surface area contributed by atoms with E-state index < -0.39 is 18.5 Å². The first kappa shape index (κ1) is 22.2. The highest BCUT2D eigenvalue weighted by atomic mass is 16.5. The van der Waals surface area contributed by atoms with Crippen LogP contribution >= 0.6 is 0 Å². The number of nitrogens with one attached hydrogen (secondary N) is 1. The molecule has 0 aromatic heterocycles. The number of Topliss-reactive ketones (excluding diaryl/α,β-unsaturated/α-hetero) is 1. The fourth-order valence-electron chi connectivity index (χ4n) is 3.53. The summed E-state index contributed by atoms with van der Waals surface area (Å²) in [4.78, 5) is 50.8. The molecule has 1 aliphatic rings. The van der Waals surface area contributed by atoms with Crippen molar-refractivity contribution in [2.45, 2.75) is 46.1 Å². The molecule has 1 aliphatic heterocycles. The van der Waals surface area contributed by atoms with Crippen molar-refractivity contribution in [3.8, 4) is 0 Å². The van der Waals surface area contributed by atoms with Crippen LogP contribution in [-0.4, -0.2) is 36.2 Å². The van der Waals surface area contributed by atoms with E-state index in [1.807, 2.05) is 19.9 Å². The third-order valence-corrected chi connectivity index (χ3v) is 5.37. The van der Waals surface area contributed by atoms with Crippen LogP contribution in [0.1, 0.15) is 47.7 Å². The normalized spacial score (nSPS) is 15.5. The number of para-hydroxylation sites is 2. The summed E-state index contributed by atoms with van der Waals surface area (Å²) in [6.45, 7) is 5.21. The van der Waals surface area contributed by atoms with Gasteiger partial charge in [0, 0.05) is 24.4 Å². The number of esters is 1. The molecule has 2 aromatic carbocycles. The van der Waals surface area contributed by atoms with Gasteiger partial charge in [0.1, 0.15) is 0 Å². The van der Waals surface area contributed by atoms with E-state index in [2.05, 4.69) is 5.32 Å². The molecule has 0 aliphatic carbocycles. The van der Waals surface area contributed by atoms with Crippen molar-refractivity contribution < 1.29 is 23.9 Å². The minimum atomic E-state index is -0.615. The Labute approximate surface area is 181 Å². The van der Waals surface area contributed by atoms with E-state index in [1.54, 1.807) is 43.3 Å². The maximum absolute atomic E-state index is 12.8. The molecular formula is C24H26N2O5. The van der Waals surface area contributed by atoms with Crippen LogP contribution in [-0.2, 0) is 19.1 Å². The number of benzene rings is 2. The monoisotopic (exact) mass is 422 g/mol. The summed E-state index contributed by atoms with van der Waals surface area (Å²) in [5.74, 6) is -1.37. The molecule has 0 spiro atoms. The number of hydrogen-bond acceptors (Lipinski definition) is 5. The Morgan fingerprint density at radius 1 is 1.06 bits per heavy atom. The Balaban J connectivity index is 1.57. The first-order valence-corrected chi connectivity index (χ1v) is 10.2. The summed E-state index contributed by atoms with van der Waals surface area (Å²) in [5, 5.41) is 2.78. The molecule has 0 saturated heterocycles. The highest BCUT2D eigenvalue weighted by Gasteiger charge is 2.30. The molecule has 0 radical (unpaired) electrons. The Hall–Kier alpha value is -3.48. The van der Waals surface area contributed by atoms with E-state index in [0.29, 0.717) is 16.9 Å². The molecule has 2 aromatic rings. The number of carbonyl (C=O) groups excluding carboxylic acids is 4. The highest BCUT2D eigenvalue weighted by molar-refractivity contribution is 6.05. The van der Waals surface area contributed by atoms with E-state index in [4.69, 9.17) is 4.74 Å². The zero-order chi connectivity index (χ0) is 22.5. The zero-order valence-electron chi connectivity index (χ0n) is 17.9. The standard InChI is InChI=1S/C24H26N2O5/c1-15-8-9-18(12-16(15)2)21(27)10-11-24(30)31-14-23(29)26-17(3)13-22(28)25-19-6-4-5-7-20(19)26/h4-9,12,17H,10-11,13-14H2,1-3H3,(H,25,28)/t17-/m0/s1. The van der Waals surface area contributed by atoms with Crippen LogP contribution in [0.5, 0.6) is 0 Å². The average Bonchev–Trinajstić information content (AvgIpc) is 2.86. The predicted molar refractivity (Wildman–Crippen MR) is 117 cm³/mol.